The topological polar surface area (TPSA) is 137 Å². The highest BCUT2D eigenvalue weighted by atomic mass is 32.2. The Bertz CT molecular complexity index is 1310. The first-order chi connectivity index (χ1) is 18.0. The summed E-state index contributed by atoms with van der Waals surface area (Å²) in [5.74, 6) is -1.16. The molecule has 38 heavy (non-hydrogen) atoms. The molecule has 3 rings (SSSR count). The molecule has 11 heteroatoms. The molecule has 0 unspecified atom stereocenters. The van der Waals surface area contributed by atoms with Gasteiger partial charge in [0.15, 0.2) is 0 Å². The van der Waals surface area contributed by atoms with Crippen molar-refractivity contribution >= 4 is 27.6 Å². The lowest BCUT2D eigenvalue weighted by Gasteiger charge is -2.38. The molecule has 0 atom stereocenters. The molecule has 2 aromatic carbocycles. The molecule has 0 radical (unpaired) electrons. The first kappa shape index (κ1) is 28.7. The van der Waals surface area contributed by atoms with Crippen LogP contribution >= 0.6 is 0 Å². The van der Waals surface area contributed by atoms with E-state index in [0.29, 0.717) is 39.5 Å². The second-order valence-corrected chi connectivity index (χ2v) is 10.0. The second-order valence-electron chi connectivity index (χ2n) is 8.48. The number of hydrogen-bond acceptors (Lipinski definition) is 9. The minimum absolute atomic E-state index is 0.00953. The summed E-state index contributed by atoms with van der Waals surface area (Å²) in [4.78, 5) is 28.4. The summed E-state index contributed by atoms with van der Waals surface area (Å²) in [5, 5.41) is 8.39. The average molecular weight is 544 g/mol. The summed E-state index contributed by atoms with van der Waals surface area (Å²) >= 11 is 0. The average Bonchev–Trinajstić information content (AvgIpc) is 2.88. The van der Waals surface area contributed by atoms with Crippen molar-refractivity contribution in [3.63, 3.8) is 0 Å². The molecule has 0 aliphatic carbocycles. The summed E-state index contributed by atoms with van der Waals surface area (Å²) in [6.07, 6.45) is 0. The van der Waals surface area contributed by atoms with Gasteiger partial charge in [-0.05, 0) is 69.7 Å². The van der Waals surface area contributed by atoms with Gasteiger partial charge < -0.3 is 24.4 Å². The maximum absolute atomic E-state index is 13.3. The maximum Gasteiger partial charge on any atom is 0.336 e. The highest BCUT2D eigenvalue weighted by Gasteiger charge is 2.40. The number of sulfonamides is 1. The third-order valence-electron chi connectivity index (χ3n) is 6.23. The first-order valence-electron chi connectivity index (χ1n) is 12.1. The smallest absolute Gasteiger partial charge is 0.336 e. The number of nitrogens with two attached hydrogens (primary N) is 1. The lowest BCUT2D eigenvalue weighted by atomic mass is 9.79. The van der Waals surface area contributed by atoms with Gasteiger partial charge in [0.1, 0.15) is 5.75 Å². The van der Waals surface area contributed by atoms with Crippen LogP contribution in [0, 0.1) is 0 Å². The molecule has 204 valence electrons. The van der Waals surface area contributed by atoms with E-state index in [-0.39, 0.29) is 24.8 Å². The Morgan fingerprint density at radius 1 is 0.895 bits per heavy atom. The van der Waals surface area contributed by atoms with Crippen LogP contribution in [0.3, 0.4) is 0 Å². The lowest BCUT2D eigenvalue weighted by molar-refractivity contribution is -0.139. The number of methoxy groups -OCH3 is 1. The fourth-order valence-corrected chi connectivity index (χ4v) is 4.87. The van der Waals surface area contributed by atoms with E-state index in [1.807, 2.05) is 12.1 Å². The monoisotopic (exact) mass is 543 g/mol. The van der Waals surface area contributed by atoms with Gasteiger partial charge in [-0.15, -0.1) is 0 Å². The highest BCUT2D eigenvalue weighted by molar-refractivity contribution is 7.89. The molecule has 0 aromatic heterocycles. The molecule has 0 fully saturated rings. The predicted molar refractivity (Wildman–Crippen MR) is 143 cm³/mol. The summed E-state index contributed by atoms with van der Waals surface area (Å²) in [5.41, 5.74) is 3.16. The van der Waals surface area contributed by atoms with Gasteiger partial charge in [-0.2, -0.15) is 0 Å². The zero-order valence-corrected chi connectivity index (χ0v) is 22.9. The van der Waals surface area contributed by atoms with Crippen molar-refractivity contribution in [2.75, 3.05) is 32.3 Å². The van der Waals surface area contributed by atoms with Crippen LogP contribution in [0.1, 0.15) is 39.2 Å². The fourth-order valence-electron chi connectivity index (χ4n) is 4.35. The molecule has 1 heterocycles. The molecule has 0 spiro atoms. The van der Waals surface area contributed by atoms with Gasteiger partial charge in [0.2, 0.25) is 10.0 Å². The standard InChI is InChI=1S/C27H33N3O7S/c1-6-36-26(31)23-17(3)30(16-29-20-10-14-22(15-11-20)38(28,33)34)18(4)24(27(32)37-7-2)25(23)19-8-12-21(35-5)13-9-19/h8-15,25,29H,6-7,16H2,1-5H3,(H2,28,33,34). The zero-order chi connectivity index (χ0) is 28.0. The van der Waals surface area contributed by atoms with Crippen LogP contribution in [-0.2, 0) is 29.1 Å². The van der Waals surface area contributed by atoms with Crippen LogP contribution in [0.4, 0.5) is 5.69 Å². The molecule has 0 saturated heterocycles. The summed E-state index contributed by atoms with van der Waals surface area (Å²) in [6.45, 7) is 7.52. The molecule has 10 nitrogen and oxygen atoms in total. The molecule has 0 saturated carbocycles. The van der Waals surface area contributed by atoms with Crippen molar-refractivity contribution < 1.29 is 32.2 Å². The number of anilines is 1. The number of carbonyl (C=O) groups is 2. The predicted octanol–water partition coefficient (Wildman–Crippen LogP) is 3.49. The number of carbonyl (C=O) groups excluding carboxylic acids is 2. The van der Waals surface area contributed by atoms with Crippen LogP contribution in [0.15, 0.2) is 76.0 Å². The number of allylic oxidation sites excluding steroid dienone is 2. The van der Waals surface area contributed by atoms with E-state index in [2.05, 4.69) is 5.32 Å². The Balaban J connectivity index is 2.09. The van der Waals surface area contributed by atoms with Gasteiger partial charge in [-0.3, -0.25) is 0 Å². The van der Waals surface area contributed by atoms with Gasteiger partial charge in [0.25, 0.3) is 0 Å². The van der Waals surface area contributed by atoms with E-state index in [4.69, 9.17) is 19.3 Å². The number of ether oxygens (including phenoxy) is 3. The van der Waals surface area contributed by atoms with E-state index in [1.54, 1.807) is 64.0 Å². The molecule has 2 aromatic rings. The van der Waals surface area contributed by atoms with Gasteiger partial charge in [0, 0.05) is 17.1 Å². The SMILES string of the molecule is CCOC(=O)C1=C(C)N(CNc2ccc(S(N)(=O)=O)cc2)C(C)=C(C(=O)OCC)C1c1ccc(OC)cc1. The van der Waals surface area contributed by atoms with Gasteiger partial charge >= 0.3 is 11.9 Å². The number of rotatable bonds is 10. The summed E-state index contributed by atoms with van der Waals surface area (Å²) in [6, 6.07) is 13.1. The van der Waals surface area contributed by atoms with E-state index in [9.17, 15) is 18.0 Å². The molecule has 3 N–H and O–H groups in total. The molecular weight excluding hydrogens is 510 g/mol. The quantitative estimate of drug-likeness (QED) is 0.431. The van der Waals surface area contributed by atoms with Crippen molar-refractivity contribution in [3.8, 4) is 5.75 Å². The number of benzene rings is 2. The number of nitrogens with one attached hydrogen (secondary N) is 1. The Labute approximate surface area is 223 Å². The van der Waals surface area contributed by atoms with Crippen molar-refractivity contribution in [3.05, 3.63) is 76.6 Å². The normalized spacial score (nSPS) is 14.4. The van der Waals surface area contributed by atoms with Gasteiger partial charge in [0.05, 0.1) is 49.0 Å². The zero-order valence-electron chi connectivity index (χ0n) is 22.1. The molecule has 1 aliphatic rings. The van der Waals surface area contributed by atoms with Crippen LogP contribution < -0.4 is 15.2 Å². The Morgan fingerprint density at radius 3 is 1.82 bits per heavy atom. The van der Waals surface area contributed by atoms with Crippen molar-refractivity contribution in [1.29, 1.82) is 0 Å². The summed E-state index contributed by atoms with van der Waals surface area (Å²) in [7, 11) is -2.26. The van der Waals surface area contributed by atoms with Crippen molar-refractivity contribution in [2.45, 2.75) is 38.5 Å². The minimum Gasteiger partial charge on any atom is -0.497 e. The van der Waals surface area contributed by atoms with E-state index in [0.717, 1.165) is 0 Å². The first-order valence-corrected chi connectivity index (χ1v) is 13.6. The van der Waals surface area contributed by atoms with Gasteiger partial charge in [-0.25, -0.2) is 23.1 Å². The Hall–Kier alpha value is -3.83. The Morgan fingerprint density at radius 2 is 1.39 bits per heavy atom. The van der Waals surface area contributed by atoms with E-state index < -0.39 is 27.9 Å². The number of esters is 2. The van der Waals surface area contributed by atoms with E-state index >= 15 is 0 Å². The highest BCUT2D eigenvalue weighted by Crippen LogP contribution is 2.43. The molecule has 0 amide bonds. The second kappa shape index (κ2) is 12.1. The van der Waals surface area contributed by atoms with E-state index in [1.165, 1.54) is 12.1 Å². The van der Waals surface area contributed by atoms with Crippen LogP contribution in [0.2, 0.25) is 0 Å². The van der Waals surface area contributed by atoms with Crippen LogP contribution in [0.25, 0.3) is 0 Å². The molecule has 1 aliphatic heterocycles. The molecular formula is C27H33N3O7S. The largest absolute Gasteiger partial charge is 0.497 e. The van der Waals surface area contributed by atoms with Crippen molar-refractivity contribution in [2.24, 2.45) is 5.14 Å². The van der Waals surface area contributed by atoms with Crippen LogP contribution in [-0.4, -0.2) is 52.2 Å². The number of primary sulfonamides is 1. The molecule has 0 bridgehead atoms. The Kier molecular flexibility index (Phi) is 9.18. The van der Waals surface area contributed by atoms with Crippen molar-refractivity contribution in [1.82, 2.24) is 4.90 Å². The maximum atomic E-state index is 13.3. The number of hydrogen-bond donors (Lipinski definition) is 2. The number of nitrogens with zero attached hydrogens (tertiary/aromatic N) is 1. The van der Waals surface area contributed by atoms with Crippen LogP contribution in [0.5, 0.6) is 5.75 Å². The fraction of sp³-hybridized carbons (Fsp3) is 0.333. The van der Waals surface area contributed by atoms with Gasteiger partial charge in [-0.1, -0.05) is 12.1 Å². The minimum atomic E-state index is -3.82. The third-order valence-corrected chi connectivity index (χ3v) is 7.16. The lowest BCUT2D eigenvalue weighted by Crippen LogP contribution is -2.37. The summed E-state index contributed by atoms with van der Waals surface area (Å²) < 4.78 is 39.2. The third kappa shape index (κ3) is 6.17.